The van der Waals surface area contributed by atoms with Gasteiger partial charge in [0.1, 0.15) is 12.2 Å². The summed E-state index contributed by atoms with van der Waals surface area (Å²) in [6, 6.07) is 16.9. The van der Waals surface area contributed by atoms with Crippen molar-refractivity contribution in [3.05, 3.63) is 99.3 Å². The monoisotopic (exact) mass is 489 g/mol. The van der Waals surface area contributed by atoms with Crippen molar-refractivity contribution in [1.29, 1.82) is 0 Å². The minimum absolute atomic E-state index is 0.0454. The number of nitrogens with one attached hydrogen (secondary N) is 1. The van der Waals surface area contributed by atoms with Crippen molar-refractivity contribution in [3.8, 4) is 11.5 Å². The molecule has 0 saturated heterocycles. The Kier molecular flexibility index (Phi) is 6.91. The predicted octanol–water partition coefficient (Wildman–Crippen LogP) is 4.39. The van der Waals surface area contributed by atoms with E-state index in [1.165, 1.54) is 49.7 Å². The average molecular weight is 489 g/mol. The SMILES string of the molecule is COc1cc(/C=N\NC(=O)c2cc3cc([N+](=O)[O-])ccc3o2)ccc1OCc1cccc(C(=O)O)c1. The van der Waals surface area contributed by atoms with Gasteiger partial charge in [-0.25, -0.2) is 10.2 Å². The summed E-state index contributed by atoms with van der Waals surface area (Å²) in [5.41, 5.74) is 4.03. The highest BCUT2D eigenvalue weighted by molar-refractivity contribution is 5.97. The number of nitro groups is 1. The highest BCUT2D eigenvalue weighted by Crippen LogP contribution is 2.28. The number of carbonyl (C=O) groups excluding carboxylic acids is 1. The van der Waals surface area contributed by atoms with Crippen LogP contribution in [0.5, 0.6) is 11.5 Å². The molecule has 1 amide bonds. The van der Waals surface area contributed by atoms with Crippen LogP contribution in [0, 0.1) is 10.1 Å². The van der Waals surface area contributed by atoms with Crippen LogP contribution < -0.4 is 14.9 Å². The number of aromatic carboxylic acids is 1. The molecule has 4 rings (SSSR count). The molecule has 0 fully saturated rings. The van der Waals surface area contributed by atoms with Crippen molar-refractivity contribution in [2.75, 3.05) is 7.11 Å². The van der Waals surface area contributed by atoms with Crippen LogP contribution >= 0.6 is 0 Å². The molecule has 3 aromatic carbocycles. The molecule has 11 heteroatoms. The Balaban J connectivity index is 1.40. The topological polar surface area (TPSA) is 154 Å². The Hall–Kier alpha value is -5.19. The van der Waals surface area contributed by atoms with Crippen LogP contribution in [0.2, 0.25) is 0 Å². The molecule has 0 unspecified atom stereocenters. The predicted molar refractivity (Wildman–Crippen MR) is 129 cm³/mol. The van der Waals surface area contributed by atoms with Gasteiger partial charge in [0, 0.05) is 17.5 Å². The lowest BCUT2D eigenvalue weighted by Crippen LogP contribution is -2.16. The number of carboxylic acids is 1. The zero-order valence-corrected chi connectivity index (χ0v) is 18.8. The lowest BCUT2D eigenvalue weighted by Gasteiger charge is -2.11. The first-order chi connectivity index (χ1) is 17.3. The highest BCUT2D eigenvalue weighted by atomic mass is 16.6. The van der Waals surface area contributed by atoms with Crippen LogP contribution in [0.3, 0.4) is 0 Å². The van der Waals surface area contributed by atoms with Gasteiger partial charge < -0.3 is 19.0 Å². The molecule has 1 aromatic heterocycles. The smallest absolute Gasteiger partial charge is 0.335 e. The third-order valence-electron chi connectivity index (χ3n) is 5.07. The third-order valence-corrected chi connectivity index (χ3v) is 5.07. The first kappa shape index (κ1) is 24.0. The number of amides is 1. The molecule has 0 spiro atoms. The summed E-state index contributed by atoms with van der Waals surface area (Å²) < 4.78 is 16.6. The summed E-state index contributed by atoms with van der Waals surface area (Å²) in [6.45, 7) is 0.141. The largest absolute Gasteiger partial charge is 0.493 e. The maximum atomic E-state index is 12.4. The number of hydrogen-bond donors (Lipinski definition) is 2. The summed E-state index contributed by atoms with van der Waals surface area (Å²) in [7, 11) is 1.47. The van der Waals surface area contributed by atoms with Crippen molar-refractivity contribution in [2.45, 2.75) is 6.61 Å². The van der Waals surface area contributed by atoms with Crippen molar-refractivity contribution >= 4 is 34.7 Å². The van der Waals surface area contributed by atoms with E-state index in [-0.39, 0.29) is 23.6 Å². The summed E-state index contributed by atoms with van der Waals surface area (Å²) in [4.78, 5) is 33.8. The maximum absolute atomic E-state index is 12.4. The fourth-order valence-electron chi connectivity index (χ4n) is 3.32. The van der Waals surface area contributed by atoms with E-state index in [0.29, 0.717) is 33.6 Å². The van der Waals surface area contributed by atoms with Gasteiger partial charge in [0.05, 0.1) is 23.8 Å². The van der Waals surface area contributed by atoms with Gasteiger partial charge in [-0.3, -0.25) is 14.9 Å². The summed E-state index contributed by atoms with van der Waals surface area (Å²) in [5.74, 6) is -0.833. The normalized spacial score (nSPS) is 10.9. The van der Waals surface area contributed by atoms with E-state index in [2.05, 4.69) is 10.5 Å². The average Bonchev–Trinajstić information content (AvgIpc) is 3.31. The fourth-order valence-corrected chi connectivity index (χ4v) is 3.32. The van der Waals surface area contributed by atoms with Crippen molar-refractivity contribution < 1.29 is 33.5 Å². The van der Waals surface area contributed by atoms with Crippen molar-refractivity contribution in [3.63, 3.8) is 0 Å². The van der Waals surface area contributed by atoms with E-state index in [0.717, 1.165) is 0 Å². The second-order valence-corrected chi connectivity index (χ2v) is 7.49. The lowest BCUT2D eigenvalue weighted by molar-refractivity contribution is -0.384. The maximum Gasteiger partial charge on any atom is 0.335 e. The molecular weight excluding hydrogens is 470 g/mol. The van der Waals surface area contributed by atoms with Gasteiger partial charge in [-0.1, -0.05) is 12.1 Å². The number of carbonyl (C=O) groups is 2. The zero-order chi connectivity index (χ0) is 25.7. The van der Waals surface area contributed by atoms with Crippen LogP contribution in [0.1, 0.15) is 32.0 Å². The second kappa shape index (κ2) is 10.4. The number of methoxy groups -OCH3 is 1. The van der Waals surface area contributed by atoms with E-state index >= 15 is 0 Å². The molecule has 0 radical (unpaired) electrons. The first-order valence-corrected chi connectivity index (χ1v) is 10.5. The Morgan fingerprint density at radius 2 is 1.94 bits per heavy atom. The summed E-state index contributed by atoms with van der Waals surface area (Å²) in [6.07, 6.45) is 1.40. The number of benzene rings is 3. The van der Waals surface area contributed by atoms with Gasteiger partial charge in [0.25, 0.3) is 5.69 Å². The van der Waals surface area contributed by atoms with Crippen LogP contribution in [-0.2, 0) is 6.61 Å². The molecule has 0 aliphatic rings. The number of non-ortho nitro benzene ring substituents is 1. The quantitative estimate of drug-likeness (QED) is 0.199. The molecular formula is C25H19N3O8. The lowest BCUT2D eigenvalue weighted by atomic mass is 10.1. The highest BCUT2D eigenvalue weighted by Gasteiger charge is 2.15. The molecule has 0 aliphatic heterocycles. The number of hydrazone groups is 1. The number of furan rings is 1. The summed E-state index contributed by atoms with van der Waals surface area (Å²) in [5, 5.41) is 24.4. The van der Waals surface area contributed by atoms with Gasteiger partial charge in [-0.2, -0.15) is 5.10 Å². The fraction of sp³-hybridized carbons (Fsp3) is 0.0800. The van der Waals surface area contributed by atoms with E-state index in [1.54, 1.807) is 30.3 Å². The molecule has 11 nitrogen and oxygen atoms in total. The number of ether oxygens (including phenoxy) is 2. The minimum Gasteiger partial charge on any atom is -0.493 e. The van der Waals surface area contributed by atoms with E-state index in [1.807, 2.05) is 0 Å². The third kappa shape index (κ3) is 5.47. The molecule has 0 bridgehead atoms. The van der Waals surface area contributed by atoms with E-state index in [9.17, 15) is 19.7 Å². The number of carboxylic acid groups (broad SMARTS) is 1. The zero-order valence-electron chi connectivity index (χ0n) is 18.8. The number of fused-ring (bicyclic) bond motifs is 1. The van der Waals surface area contributed by atoms with Crippen molar-refractivity contribution in [1.82, 2.24) is 5.43 Å². The number of nitro benzene ring substituents is 1. The van der Waals surface area contributed by atoms with Crippen LogP contribution in [0.15, 0.2) is 76.2 Å². The minimum atomic E-state index is -1.02. The Morgan fingerprint density at radius 1 is 1.11 bits per heavy atom. The molecule has 0 atom stereocenters. The summed E-state index contributed by atoms with van der Waals surface area (Å²) >= 11 is 0. The first-order valence-electron chi connectivity index (χ1n) is 10.5. The molecule has 0 saturated carbocycles. The molecule has 1 heterocycles. The molecule has 4 aromatic rings. The van der Waals surface area contributed by atoms with Gasteiger partial charge >= 0.3 is 11.9 Å². The molecule has 182 valence electrons. The Morgan fingerprint density at radius 3 is 2.69 bits per heavy atom. The number of rotatable bonds is 9. The Bertz CT molecular complexity index is 1490. The standard InChI is InChI=1S/C25H19N3O8/c1-34-22-10-15(5-7-21(22)35-14-16-3-2-4-17(9-16)25(30)31)13-26-27-24(29)23-12-18-11-19(28(32)33)6-8-20(18)36-23/h2-13H,14H2,1H3,(H,27,29)(H,30,31)/b26-13-. The van der Waals surface area contributed by atoms with Gasteiger partial charge in [0.2, 0.25) is 0 Å². The van der Waals surface area contributed by atoms with E-state index in [4.69, 9.17) is 19.0 Å². The molecule has 2 N–H and O–H groups in total. The van der Waals surface area contributed by atoms with Gasteiger partial charge in [0.15, 0.2) is 17.3 Å². The van der Waals surface area contributed by atoms with Crippen LogP contribution in [0.4, 0.5) is 5.69 Å². The van der Waals surface area contributed by atoms with Gasteiger partial charge in [-0.15, -0.1) is 0 Å². The van der Waals surface area contributed by atoms with Crippen LogP contribution in [-0.4, -0.2) is 35.2 Å². The van der Waals surface area contributed by atoms with Gasteiger partial charge in [-0.05, 0) is 53.6 Å². The second-order valence-electron chi connectivity index (χ2n) is 7.49. The van der Waals surface area contributed by atoms with Crippen LogP contribution in [0.25, 0.3) is 11.0 Å². The molecule has 36 heavy (non-hydrogen) atoms. The Labute approximate surface area is 203 Å². The van der Waals surface area contributed by atoms with Crippen molar-refractivity contribution in [2.24, 2.45) is 5.10 Å². The molecule has 0 aliphatic carbocycles. The number of nitrogens with zero attached hydrogens (tertiary/aromatic N) is 2. The van der Waals surface area contributed by atoms with E-state index < -0.39 is 16.8 Å². The number of hydrogen-bond acceptors (Lipinski definition) is 8.